The average Bonchev–Trinajstić information content (AvgIpc) is 2.03. The summed E-state index contributed by atoms with van der Waals surface area (Å²) in [5, 5.41) is 0. The van der Waals surface area contributed by atoms with Crippen molar-refractivity contribution in [2.75, 3.05) is 6.61 Å². The smallest absolute Gasteiger partial charge is 0.311 e. The SMILES string of the molecule is CCOC(=O)C(C)(CC)CC. The molecule has 2 heteroatoms. The number of carbonyl (C=O) groups is 1. The van der Waals surface area contributed by atoms with Crippen LogP contribution in [0.2, 0.25) is 0 Å². The van der Waals surface area contributed by atoms with Crippen molar-refractivity contribution >= 4 is 5.97 Å². The summed E-state index contributed by atoms with van der Waals surface area (Å²) < 4.78 is 4.95. The van der Waals surface area contributed by atoms with Crippen molar-refractivity contribution in [3.8, 4) is 0 Å². The highest BCUT2D eigenvalue weighted by atomic mass is 16.5. The van der Waals surface area contributed by atoms with Crippen LogP contribution >= 0.6 is 0 Å². The summed E-state index contributed by atoms with van der Waals surface area (Å²) in [7, 11) is 0. The molecule has 0 spiro atoms. The van der Waals surface area contributed by atoms with Crippen LogP contribution in [0.25, 0.3) is 0 Å². The van der Waals surface area contributed by atoms with E-state index < -0.39 is 0 Å². The van der Waals surface area contributed by atoms with Crippen molar-refractivity contribution in [1.29, 1.82) is 0 Å². The van der Waals surface area contributed by atoms with Gasteiger partial charge in [0.15, 0.2) is 0 Å². The summed E-state index contributed by atoms with van der Waals surface area (Å²) in [5.41, 5.74) is -0.268. The predicted octanol–water partition coefficient (Wildman–Crippen LogP) is 2.38. The fourth-order valence-corrected chi connectivity index (χ4v) is 0.844. The second-order valence-electron chi connectivity index (χ2n) is 2.99. The molecule has 11 heavy (non-hydrogen) atoms. The van der Waals surface area contributed by atoms with Crippen LogP contribution in [0, 0.1) is 5.41 Å². The lowest BCUT2D eigenvalue weighted by atomic mass is 9.85. The van der Waals surface area contributed by atoms with Crippen molar-refractivity contribution in [3.05, 3.63) is 0 Å². The maximum Gasteiger partial charge on any atom is 0.311 e. The molecule has 0 aromatic carbocycles. The largest absolute Gasteiger partial charge is 0.466 e. The molecule has 0 saturated heterocycles. The summed E-state index contributed by atoms with van der Waals surface area (Å²) in [5.74, 6) is -0.0648. The highest BCUT2D eigenvalue weighted by Gasteiger charge is 2.30. The van der Waals surface area contributed by atoms with Crippen LogP contribution in [-0.2, 0) is 9.53 Å². The van der Waals surface area contributed by atoms with E-state index in [1.807, 2.05) is 27.7 Å². The monoisotopic (exact) mass is 158 g/mol. The zero-order valence-corrected chi connectivity index (χ0v) is 7.94. The Hall–Kier alpha value is -0.530. The van der Waals surface area contributed by atoms with Gasteiger partial charge in [-0.15, -0.1) is 0 Å². The van der Waals surface area contributed by atoms with E-state index in [1.54, 1.807) is 0 Å². The Balaban J connectivity index is 4.12. The molecule has 0 unspecified atom stereocenters. The maximum absolute atomic E-state index is 11.3. The van der Waals surface area contributed by atoms with Crippen molar-refractivity contribution in [2.45, 2.75) is 40.5 Å². The Bertz CT molecular complexity index is 126. The molecule has 2 nitrogen and oxygen atoms in total. The number of esters is 1. The van der Waals surface area contributed by atoms with E-state index in [4.69, 9.17) is 4.74 Å². The van der Waals surface area contributed by atoms with Gasteiger partial charge < -0.3 is 4.74 Å². The van der Waals surface area contributed by atoms with Crippen LogP contribution in [0.1, 0.15) is 40.5 Å². The Morgan fingerprint density at radius 3 is 2.00 bits per heavy atom. The van der Waals surface area contributed by atoms with E-state index in [0.717, 1.165) is 12.8 Å². The van der Waals surface area contributed by atoms with Gasteiger partial charge in [-0.2, -0.15) is 0 Å². The minimum Gasteiger partial charge on any atom is -0.466 e. The zero-order chi connectivity index (χ0) is 8.91. The van der Waals surface area contributed by atoms with Crippen LogP contribution in [0.3, 0.4) is 0 Å². The van der Waals surface area contributed by atoms with Gasteiger partial charge in [-0.1, -0.05) is 13.8 Å². The Kier molecular flexibility index (Phi) is 4.16. The van der Waals surface area contributed by atoms with Crippen LogP contribution in [0.4, 0.5) is 0 Å². The first kappa shape index (κ1) is 10.5. The third-order valence-electron chi connectivity index (χ3n) is 2.33. The molecular formula is C9H18O2. The van der Waals surface area contributed by atoms with Gasteiger partial charge in [-0.25, -0.2) is 0 Å². The minimum absolute atomic E-state index is 0.0648. The molecule has 0 bridgehead atoms. The van der Waals surface area contributed by atoms with Crippen LogP contribution in [0.15, 0.2) is 0 Å². The molecule has 0 aliphatic carbocycles. The molecule has 0 aliphatic rings. The fourth-order valence-electron chi connectivity index (χ4n) is 0.844. The first-order valence-corrected chi connectivity index (χ1v) is 4.28. The van der Waals surface area contributed by atoms with E-state index in [0.29, 0.717) is 6.61 Å². The van der Waals surface area contributed by atoms with Crippen molar-refractivity contribution < 1.29 is 9.53 Å². The minimum atomic E-state index is -0.268. The highest BCUT2D eigenvalue weighted by molar-refractivity contribution is 5.76. The van der Waals surface area contributed by atoms with Crippen molar-refractivity contribution in [3.63, 3.8) is 0 Å². The van der Waals surface area contributed by atoms with Gasteiger partial charge in [0.1, 0.15) is 0 Å². The standard InChI is InChI=1S/C9H18O2/c1-5-9(4,6-2)8(10)11-7-3/h5-7H2,1-4H3. The van der Waals surface area contributed by atoms with Gasteiger partial charge in [-0.05, 0) is 26.7 Å². The van der Waals surface area contributed by atoms with Gasteiger partial charge in [0.05, 0.1) is 12.0 Å². The number of ether oxygens (including phenoxy) is 1. The summed E-state index contributed by atoms with van der Waals surface area (Å²) in [6.07, 6.45) is 1.70. The average molecular weight is 158 g/mol. The molecule has 0 radical (unpaired) electrons. The molecule has 66 valence electrons. The lowest BCUT2D eigenvalue weighted by Crippen LogP contribution is -2.28. The Morgan fingerprint density at radius 1 is 1.27 bits per heavy atom. The fraction of sp³-hybridized carbons (Fsp3) is 0.889. The zero-order valence-electron chi connectivity index (χ0n) is 7.94. The first-order valence-electron chi connectivity index (χ1n) is 4.28. The Labute approximate surface area is 68.9 Å². The summed E-state index contributed by atoms with van der Waals surface area (Å²) in [6, 6.07) is 0. The van der Waals surface area contributed by atoms with Gasteiger partial charge >= 0.3 is 5.97 Å². The lowest BCUT2D eigenvalue weighted by molar-refractivity contribution is -0.154. The predicted molar refractivity (Wildman–Crippen MR) is 45.3 cm³/mol. The van der Waals surface area contributed by atoms with Crippen LogP contribution in [0.5, 0.6) is 0 Å². The third kappa shape index (κ3) is 2.52. The molecule has 0 aliphatic heterocycles. The van der Waals surface area contributed by atoms with Crippen LogP contribution in [-0.4, -0.2) is 12.6 Å². The lowest BCUT2D eigenvalue weighted by Gasteiger charge is -2.23. The quantitative estimate of drug-likeness (QED) is 0.587. The molecule has 0 heterocycles. The molecule has 0 fully saturated rings. The van der Waals surface area contributed by atoms with E-state index in [9.17, 15) is 4.79 Å². The third-order valence-corrected chi connectivity index (χ3v) is 2.33. The molecule has 0 atom stereocenters. The molecular weight excluding hydrogens is 140 g/mol. The summed E-state index contributed by atoms with van der Waals surface area (Å²) in [6.45, 7) is 8.30. The molecule has 0 amide bonds. The second kappa shape index (κ2) is 4.37. The maximum atomic E-state index is 11.3. The summed E-state index contributed by atoms with van der Waals surface area (Å²) in [4.78, 5) is 11.3. The number of hydrogen-bond acceptors (Lipinski definition) is 2. The molecule has 0 rings (SSSR count). The van der Waals surface area contributed by atoms with Crippen LogP contribution < -0.4 is 0 Å². The Morgan fingerprint density at radius 2 is 1.73 bits per heavy atom. The molecule has 0 N–H and O–H groups in total. The highest BCUT2D eigenvalue weighted by Crippen LogP contribution is 2.26. The number of rotatable bonds is 4. The van der Waals surface area contributed by atoms with E-state index in [2.05, 4.69) is 0 Å². The number of carbonyl (C=O) groups excluding carboxylic acids is 1. The topological polar surface area (TPSA) is 26.3 Å². The van der Waals surface area contributed by atoms with Gasteiger partial charge in [0.25, 0.3) is 0 Å². The molecule has 0 aromatic heterocycles. The van der Waals surface area contributed by atoms with Gasteiger partial charge in [-0.3, -0.25) is 4.79 Å². The van der Waals surface area contributed by atoms with Gasteiger partial charge in [0, 0.05) is 0 Å². The normalized spacial score (nSPS) is 11.3. The van der Waals surface area contributed by atoms with E-state index >= 15 is 0 Å². The first-order chi connectivity index (χ1) is 5.10. The second-order valence-corrected chi connectivity index (χ2v) is 2.99. The van der Waals surface area contributed by atoms with Crippen molar-refractivity contribution in [1.82, 2.24) is 0 Å². The number of hydrogen-bond donors (Lipinski definition) is 0. The summed E-state index contributed by atoms with van der Waals surface area (Å²) >= 11 is 0. The molecule has 0 aromatic rings. The van der Waals surface area contributed by atoms with Crippen molar-refractivity contribution in [2.24, 2.45) is 5.41 Å². The van der Waals surface area contributed by atoms with E-state index in [-0.39, 0.29) is 11.4 Å². The van der Waals surface area contributed by atoms with E-state index in [1.165, 1.54) is 0 Å². The van der Waals surface area contributed by atoms with Gasteiger partial charge in [0.2, 0.25) is 0 Å². The molecule has 0 saturated carbocycles.